The van der Waals surface area contributed by atoms with Crippen molar-refractivity contribution >= 4 is 43.6 Å². The van der Waals surface area contributed by atoms with Crippen LogP contribution in [0, 0.1) is 0 Å². The lowest BCUT2D eigenvalue weighted by atomic mass is 10.1. The lowest BCUT2D eigenvalue weighted by Crippen LogP contribution is -2.09. The van der Waals surface area contributed by atoms with Crippen molar-refractivity contribution in [2.45, 2.75) is 0 Å². The zero-order chi connectivity index (χ0) is 16.5. The number of pyridine rings is 1. The van der Waals surface area contributed by atoms with E-state index in [2.05, 4.69) is 20.9 Å². The minimum Gasteiger partial charge on any atom is -0.422 e. The summed E-state index contributed by atoms with van der Waals surface area (Å²) in [6, 6.07) is 20.8. The molecular formula is C20H12BrNO2. The minimum absolute atomic E-state index is 0.400. The van der Waals surface area contributed by atoms with Gasteiger partial charge in [-0.25, -0.2) is 4.79 Å². The third-order valence-corrected chi connectivity index (χ3v) is 4.56. The summed E-state index contributed by atoms with van der Waals surface area (Å²) in [6.45, 7) is 0. The number of hydrogen-bond donors (Lipinski definition) is 0. The number of carbonyl (C=O) groups is 1. The van der Waals surface area contributed by atoms with Gasteiger partial charge < -0.3 is 4.74 Å². The SMILES string of the molecule is O=C(Oc1cccc2ccc3cccnc3c12)c1ccccc1Br. The van der Waals surface area contributed by atoms with Crippen molar-refractivity contribution in [1.82, 2.24) is 4.98 Å². The van der Waals surface area contributed by atoms with E-state index in [4.69, 9.17) is 4.74 Å². The zero-order valence-corrected chi connectivity index (χ0v) is 14.2. The van der Waals surface area contributed by atoms with Gasteiger partial charge in [0, 0.05) is 16.1 Å². The van der Waals surface area contributed by atoms with E-state index in [0.29, 0.717) is 15.8 Å². The molecule has 0 unspecified atom stereocenters. The number of fused-ring (bicyclic) bond motifs is 3. The summed E-state index contributed by atoms with van der Waals surface area (Å²) >= 11 is 3.39. The fraction of sp³-hybridized carbons (Fsp3) is 0. The Kier molecular flexibility index (Phi) is 3.75. The fourth-order valence-corrected chi connectivity index (χ4v) is 3.19. The quantitative estimate of drug-likeness (QED) is 0.267. The van der Waals surface area contributed by atoms with Gasteiger partial charge in [0.25, 0.3) is 0 Å². The molecule has 0 aliphatic rings. The third kappa shape index (κ3) is 2.55. The third-order valence-electron chi connectivity index (χ3n) is 3.87. The Morgan fingerprint density at radius 2 is 1.67 bits per heavy atom. The van der Waals surface area contributed by atoms with Crippen LogP contribution in [0.1, 0.15) is 10.4 Å². The van der Waals surface area contributed by atoms with Crippen LogP contribution < -0.4 is 4.74 Å². The van der Waals surface area contributed by atoms with E-state index in [0.717, 1.165) is 21.7 Å². The molecule has 0 saturated heterocycles. The van der Waals surface area contributed by atoms with Crippen LogP contribution in [-0.2, 0) is 0 Å². The molecule has 0 aliphatic carbocycles. The van der Waals surface area contributed by atoms with Crippen LogP contribution in [0.5, 0.6) is 5.75 Å². The van der Waals surface area contributed by atoms with Crippen LogP contribution in [-0.4, -0.2) is 11.0 Å². The highest BCUT2D eigenvalue weighted by molar-refractivity contribution is 9.10. The number of ether oxygens (including phenoxy) is 1. The second-order valence-corrected chi connectivity index (χ2v) is 6.22. The molecule has 4 heteroatoms. The number of halogens is 1. The monoisotopic (exact) mass is 377 g/mol. The summed E-state index contributed by atoms with van der Waals surface area (Å²) in [7, 11) is 0. The lowest BCUT2D eigenvalue weighted by molar-refractivity contribution is 0.0736. The molecular weight excluding hydrogens is 366 g/mol. The molecule has 4 rings (SSSR count). The summed E-state index contributed by atoms with van der Waals surface area (Å²) in [4.78, 5) is 17.0. The predicted molar refractivity (Wildman–Crippen MR) is 98.3 cm³/mol. The maximum absolute atomic E-state index is 12.5. The number of benzene rings is 3. The molecule has 1 heterocycles. The fourth-order valence-electron chi connectivity index (χ4n) is 2.75. The molecule has 1 aromatic heterocycles. The summed E-state index contributed by atoms with van der Waals surface area (Å²) in [5, 5.41) is 2.84. The Hall–Kier alpha value is -2.72. The first-order valence-corrected chi connectivity index (χ1v) is 8.26. The van der Waals surface area contributed by atoms with Crippen molar-refractivity contribution in [3.05, 3.63) is 83.0 Å². The van der Waals surface area contributed by atoms with Crippen LogP contribution in [0.25, 0.3) is 21.7 Å². The molecule has 0 N–H and O–H groups in total. The molecule has 3 aromatic carbocycles. The van der Waals surface area contributed by atoms with Crippen LogP contribution in [0.3, 0.4) is 0 Å². The first kappa shape index (κ1) is 14.8. The first-order chi connectivity index (χ1) is 11.7. The van der Waals surface area contributed by atoms with Gasteiger partial charge in [0.1, 0.15) is 5.75 Å². The van der Waals surface area contributed by atoms with E-state index < -0.39 is 5.97 Å². The van der Waals surface area contributed by atoms with E-state index >= 15 is 0 Å². The largest absolute Gasteiger partial charge is 0.422 e. The maximum Gasteiger partial charge on any atom is 0.344 e. The van der Waals surface area contributed by atoms with Gasteiger partial charge in [-0.3, -0.25) is 4.98 Å². The Labute approximate surface area is 147 Å². The number of rotatable bonds is 2. The Morgan fingerprint density at radius 1 is 0.875 bits per heavy atom. The van der Waals surface area contributed by atoms with Gasteiger partial charge in [-0.05, 0) is 45.6 Å². The van der Waals surface area contributed by atoms with Gasteiger partial charge in [-0.2, -0.15) is 0 Å². The zero-order valence-electron chi connectivity index (χ0n) is 12.6. The van der Waals surface area contributed by atoms with Gasteiger partial charge in [-0.15, -0.1) is 0 Å². The highest BCUT2D eigenvalue weighted by atomic mass is 79.9. The molecule has 0 fully saturated rings. The van der Waals surface area contributed by atoms with Crippen LogP contribution in [0.15, 0.2) is 77.4 Å². The van der Waals surface area contributed by atoms with Gasteiger partial charge in [0.15, 0.2) is 0 Å². The van der Waals surface area contributed by atoms with Crippen molar-refractivity contribution in [1.29, 1.82) is 0 Å². The molecule has 0 atom stereocenters. The number of nitrogens with zero attached hydrogens (tertiary/aromatic N) is 1. The second kappa shape index (κ2) is 6.06. The summed E-state index contributed by atoms with van der Waals surface area (Å²) < 4.78 is 6.40. The summed E-state index contributed by atoms with van der Waals surface area (Å²) in [5.41, 5.74) is 1.31. The Morgan fingerprint density at radius 3 is 2.54 bits per heavy atom. The molecule has 0 aliphatic heterocycles. The molecule has 0 spiro atoms. The van der Waals surface area contributed by atoms with Crippen LogP contribution in [0.2, 0.25) is 0 Å². The molecule has 24 heavy (non-hydrogen) atoms. The minimum atomic E-state index is -0.400. The van der Waals surface area contributed by atoms with Crippen LogP contribution in [0.4, 0.5) is 0 Å². The van der Waals surface area contributed by atoms with Crippen molar-refractivity contribution in [3.63, 3.8) is 0 Å². The smallest absolute Gasteiger partial charge is 0.344 e. The number of hydrogen-bond acceptors (Lipinski definition) is 3. The standard InChI is InChI=1S/C20H12BrNO2/c21-16-8-2-1-7-15(16)20(23)24-17-9-3-5-13-10-11-14-6-4-12-22-19(14)18(13)17/h1-12H. The van der Waals surface area contributed by atoms with Crippen molar-refractivity contribution < 1.29 is 9.53 Å². The topological polar surface area (TPSA) is 39.2 Å². The van der Waals surface area contributed by atoms with E-state index in [1.54, 1.807) is 24.4 Å². The van der Waals surface area contributed by atoms with E-state index in [1.807, 2.05) is 48.5 Å². The second-order valence-electron chi connectivity index (χ2n) is 5.36. The average Bonchev–Trinajstić information content (AvgIpc) is 2.62. The first-order valence-electron chi connectivity index (χ1n) is 7.47. The molecule has 0 saturated carbocycles. The van der Waals surface area contributed by atoms with Crippen LogP contribution >= 0.6 is 15.9 Å². The van der Waals surface area contributed by atoms with Gasteiger partial charge in [-0.1, -0.05) is 42.5 Å². The molecule has 4 aromatic rings. The number of esters is 1. The number of aromatic nitrogens is 1. The van der Waals surface area contributed by atoms with Gasteiger partial charge in [0.05, 0.1) is 16.5 Å². The van der Waals surface area contributed by atoms with E-state index in [-0.39, 0.29) is 0 Å². The lowest BCUT2D eigenvalue weighted by Gasteiger charge is -2.10. The normalized spacial score (nSPS) is 10.9. The molecule has 3 nitrogen and oxygen atoms in total. The molecule has 0 radical (unpaired) electrons. The predicted octanol–water partition coefficient (Wildman–Crippen LogP) is 5.37. The van der Waals surface area contributed by atoms with Crippen molar-refractivity contribution in [3.8, 4) is 5.75 Å². The highest BCUT2D eigenvalue weighted by Gasteiger charge is 2.15. The van der Waals surface area contributed by atoms with E-state index in [1.165, 1.54) is 0 Å². The maximum atomic E-state index is 12.5. The molecule has 0 bridgehead atoms. The summed E-state index contributed by atoms with van der Waals surface area (Å²) in [6.07, 6.45) is 1.74. The summed E-state index contributed by atoms with van der Waals surface area (Å²) in [5.74, 6) is 0.112. The molecule has 0 amide bonds. The van der Waals surface area contributed by atoms with Crippen molar-refractivity contribution in [2.24, 2.45) is 0 Å². The average molecular weight is 378 g/mol. The Bertz CT molecular complexity index is 1080. The van der Waals surface area contributed by atoms with E-state index in [9.17, 15) is 4.79 Å². The van der Waals surface area contributed by atoms with Gasteiger partial charge >= 0.3 is 5.97 Å². The van der Waals surface area contributed by atoms with Gasteiger partial charge in [0.2, 0.25) is 0 Å². The molecule has 116 valence electrons. The van der Waals surface area contributed by atoms with Crippen molar-refractivity contribution in [2.75, 3.05) is 0 Å². The number of carbonyl (C=O) groups excluding carboxylic acids is 1. The highest BCUT2D eigenvalue weighted by Crippen LogP contribution is 2.32. The Balaban J connectivity index is 1.86.